The molecule has 0 bridgehead atoms. The van der Waals surface area contributed by atoms with E-state index < -0.39 is 18.2 Å². The predicted molar refractivity (Wildman–Crippen MR) is 139 cm³/mol. The number of aliphatic hydroxyl groups excluding tert-OH is 2. The van der Waals surface area contributed by atoms with E-state index in [1.807, 2.05) is 63.6 Å². The molecule has 0 radical (unpaired) electrons. The molecule has 0 saturated carbocycles. The lowest BCUT2D eigenvalue weighted by Crippen LogP contribution is -2.49. The summed E-state index contributed by atoms with van der Waals surface area (Å²) < 4.78 is 1.90. The first kappa shape index (κ1) is 27.8. The fraction of sp³-hybridized carbons (Fsp3) is 0.593. The van der Waals surface area contributed by atoms with E-state index >= 15 is 0 Å². The number of nitrogens with zero attached hydrogens (tertiary/aromatic N) is 3. The molecule has 1 aromatic carbocycles. The van der Waals surface area contributed by atoms with E-state index in [1.54, 1.807) is 6.20 Å². The molecule has 0 aliphatic carbocycles. The molecule has 0 spiro atoms. The Balaban J connectivity index is 0.00000176. The fourth-order valence-corrected chi connectivity index (χ4v) is 4.88. The highest BCUT2D eigenvalue weighted by Gasteiger charge is 2.41. The van der Waals surface area contributed by atoms with Gasteiger partial charge in [-0.05, 0) is 29.5 Å². The van der Waals surface area contributed by atoms with E-state index in [-0.39, 0.29) is 49.3 Å². The number of likely N-dealkylation sites (tertiary alicyclic amines) is 1. The van der Waals surface area contributed by atoms with Crippen LogP contribution in [0.15, 0.2) is 30.5 Å². The van der Waals surface area contributed by atoms with Crippen LogP contribution in [0.3, 0.4) is 0 Å². The molecule has 1 fully saturated rings. The second-order valence-corrected chi connectivity index (χ2v) is 9.95. The Kier molecular flexibility index (Phi) is 9.27. The lowest BCUT2D eigenvalue weighted by Gasteiger charge is -2.29. The maximum absolute atomic E-state index is 13.2. The summed E-state index contributed by atoms with van der Waals surface area (Å²) in [7, 11) is 0. The van der Waals surface area contributed by atoms with Crippen molar-refractivity contribution in [3.63, 3.8) is 0 Å². The van der Waals surface area contributed by atoms with Crippen molar-refractivity contribution in [1.29, 1.82) is 0 Å². The minimum atomic E-state index is -0.763. The highest BCUT2D eigenvalue weighted by Crippen LogP contribution is 2.31. The molecule has 2 aliphatic rings. The third kappa shape index (κ3) is 5.79. The average molecular weight is 500 g/mol. The number of aliphatic hydroxyl groups is 2. The monoisotopic (exact) mass is 499 g/mol. The van der Waals surface area contributed by atoms with Crippen LogP contribution in [0.1, 0.15) is 58.2 Å². The molecule has 2 amide bonds. The number of rotatable bonds is 6. The van der Waals surface area contributed by atoms with E-state index in [2.05, 4.69) is 10.4 Å². The summed E-state index contributed by atoms with van der Waals surface area (Å²) in [6.45, 7) is 10.2. The van der Waals surface area contributed by atoms with Crippen molar-refractivity contribution < 1.29 is 19.8 Å². The van der Waals surface area contributed by atoms with E-state index in [0.29, 0.717) is 13.0 Å². The number of nitrogens with one attached hydrogen (secondary N) is 1. The molecule has 198 valence electrons. The number of fused-ring (bicyclic) bond motifs is 3. The third-order valence-corrected chi connectivity index (χ3v) is 7.17. The average Bonchev–Trinajstić information content (AvgIpc) is 3.45. The van der Waals surface area contributed by atoms with E-state index in [4.69, 9.17) is 5.73 Å². The predicted octanol–water partition coefficient (Wildman–Crippen LogP) is 1.86. The van der Waals surface area contributed by atoms with Crippen molar-refractivity contribution in [1.82, 2.24) is 20.0 Å². The summed E-state index contributed by atoms with van der Waals surface area (Å²) >= 11 is 0. The first-order chi connectivity index (χ1) is 17.2. The minimum absolute atomic E-state index is 0.0974. The van der Waals surface area contributed by atoms with Crippen molar-refractivity contribution in [2.24, 2.45) is 17.6 Å². The zero-order valence-electron chi connectivity index (χ0n) is 22.0. The van der Waals surface area contributed by atoms with Gasteiger partial charge in [0.2, 0.25) is 11.8 Å². The second-order valence-electron chi connectivity index (χ2n) is 9.95. The first-order valence-electron chi connectivity index (χ1n) is 13.0. The smallest absolute Gasteiger partial charge is 0.243 e. The van der Waals surface area contributed by atoms with Gasteiger partial charge in [0, 0.05) is 36.7 Å². The van der Waals surface area contributed by atoms with Crippen molar-refractivity contribution in [3.8, 4) is 11.3 Å². The molecule has 5 atom stereocenters. The Labute approximate surface area is 213 Å². The number of amides is 2. The number of hydrogen-bond donors (Lipinski definition) is 4. The standard InChI is InChI=1S/C25H35N5O4.C2H6/c1-14(2)15(3)25(34)29-12-19(32)10-23(29)24(33)28-21(13-31)16-4-5-20-17(8-16)9-18(26)11-30-22(20)6-7-27-30;1-2/h4-8,14-15,18-19,21,23,31-32H,9-13,26H2,1-3H3,(H,28,33);1-2H3. The number of benzene rings is 1. The minimum Gasteiger partial charge on any atom is -0.394 e. The van der Waals surface area contributed by atoms with Crippen LogP contribution >= 0.6 is 0 Å². The van der Waals surface area contributed by atoms with Crippen molar-refractivity contribution >= 4 is 11.8 Å². The van der Waals surface area contributed by atoms with Gasteiger partial charge in [-0.25, -0.2) is 0 Å². The number of aromatic nitrogens is 2. The van der Waals surface area contributed by atoms with Crippen LogP contribution in [0.2, 0.25) is 0 Å². The maximum atomic E-state index is 13.2. The zero-order chi connectivity index (χ0) is 26.6. The molecular weight excluding hydrogens is 458 g/mol. The summed E-state index contributed by atoms with van der Waals surface area (Å²) in [5.41, 5.74) is 10.1. The van der Waals surface area contributed by atoms with Crippen molar-refractivity contribution in [3.05, 3.63) is 41.6 Å². The van der Waals surface area contributed by atoms with Gasteiger partial charge >= 0.3 is 0 Å². The fourth-order valence-electron chi connectivity index (χ4n) is 4.88. The summed E-state index contributed by atoms with van der Waals surface area (Å²) in [5.74, 6) is -0.634. The summed E-state index contributed by atoms with van der Waals surface area (Å²) in [4.78, 5) is 27.6. The van der Waals surface area contributed by atoms with E-state index in [1.165, 1.54) is 4.90 Å². The first-order valence-corrected chi connectivity index (χ1v) is 13.0. The molecule has 1 saturated heterocycles. The molecule has 2 aliphatic heterocycles. The Morgan fingerprint density at radius 2 is 1.92 bits per heavy atom. The van der Waals surface area contributed by atoms with Crippen LogP contribution in [-0.2, 0) is 22.6 Å². The van der Waals surface area contributed by atoms with Gasteiger partial charge in [0.1, 0.15) is 6.04 Å². The van der Waals surface area contributed by atoms with E-state index in [9.17, 15) is 19.8 Å². The topological polar surface area (TPSA) is 134 Å². The number of carbonyl (C=O) groups excluding carboxylic acids is 2. The molecule has 5 unspecified atom stereocenters. The van der Waals surface area contributed by atoms with Gasteiger partial charge in [-0.3, -0.25) is 14.3 Å². The highest BCUT2D eigenvalue weighted by atomic mass is 16.3. The van der Waals surface area contributed by atoms with E-state index in [0.717, 1.165) is 22.4 Å². The molecule has 2 aromatic rings. The molecular formula is C27H41N5O4. The van der Waals surface area contributed by atoms with Gasteiger partial charge in [0.25, 0.3) is 0 Å². The van der Waals surface area contributed by atoms with Gasteiger partial charge in [-0.1, -0.05) is 52.8 Å². The van der Waals surface area contributed by atoms with Crippen molar-refractivity contribution in [2.45, 2.75) is 78.2 Å². The summed E-state index contributed by atoms with van der Waals surface area (Å²) in [6, 6.07) is 6.30. The Morgan fingerprint density at radius 3 is 2.58 bits per heavy atom. The molecule has 36 heavy (non-hydrogen) atoms. The van der Waals surface area contributed by atoms with Crippen LogP contribution in [0, 0.1) is 11.8 Å². The van der Waals surface area contributed by atoms with Gasteiger partial charge in [-0.2, -0.15) is 5.10 Å². The van der Waals surface area contributed by atoms with Crippen LogP contribution in [0.25, 0.3) is 11.3 Å². The van der Waals surface area contributed by atoms with Crippen LogP contribution in [0.5, 0.6) is 0 Å². The molecule has 3 heterocycles. The summed E-state index contributed by atoms with van der Waals surface area (Å²) in [6.07, 6.45) is 1.85. The Hall–Kier alpha value is -2.75. The summed E-state index contributed by atoms with van der Waals surface area (Å²) in [5, 5.41) is 27.6. The zero-order valence-corrected chi connectivity index (χ0v) is 22.0. The molecule has 9 nitrogen and oxygen atoms in total. The normalized spacial score (nSPS) is 22.6. The second kappa shape index (κ2) is 12.0. The van der Waals surface area contributed by atoms with Crippen LogP contribution < -0.4 is 11.1 Å². The number of carbonyl (C=O) groups is 2. The highest BCUT2D eigenvalue weighted by molar-refractivity contribution is 5.89. The Morgan fingerprint density at radius 1 is 1.19 bits per heavy atom. The maximum Gasteiger partial charge on any atom is 0.243 e. The van der Waals surface area contributed by atoms with Gasteiger partial charge in [0.15, 0.2) is 0 Å². The SMILES string of the molecule is CC.CC(C)C(C)C(=O)N1CC(O)CC1C(=O)NC(CO)c1ccc2c(c1)CC(N)Cn1nccc1-2. The molecule has 1 aromatic heterocycles. The molecule has 9 heteroatoms. The van der Waals surface area contributed by atoms with Gasteiger partial charge < -0.3 is 26.2 Å². The van der Waals surface area contributed by atoms with Crippen LogP contribution in [0.4, 0.5) is 0 Å². The number of hydrogen-bond acceptors (Lipinski definition) is 6. The largest absolute Gasteiger partial charge is 0.394 e. The van der Waals surface area contributed by atoms with Crippen molar-refractivity contribution in [2.75, 3.05) is 13.2 Å². The van der Waals surface area contributed by atoms with Crippen LogP contribution in [-0.4, -0.2) is 68.0 Å². The lowest BCUT2D eigenvalue weighted by molar-refractivity contribution is -0.142. The molecule has 5 N–H and O–H groups in total. The molecule has 4 rings (SSSR count). The van der Waals surface area contributed by atoms with Gasteiger partial charge in [0.05, 0.1) is 31.0 Å². The quantitative estimate of drug-likeness (QED) is 0.479. The lowest BCUT2D eigenvalue weighted by atomic mass is 9.94. The van der Waals surface area contributed by atoms with Gasteiger partial charge in [-0.15, -0.1) is 0 Å². The Bertz CT molecular complexity index is 1050. The number of β-amino-alcohol motifs (C(OH)–C–C–N with tert-alkyl or cyclic N) is 1. The number of nitrogens with two attached hydrogens (primary N) is 1. The third-order valence-electron chi connectivity index (χ3n) is 7.17.